The average molecular weight is 297 g/mol. The summed E-state index contributed by atoms with van der Waals surface area (Å²) in [5.41, 5.74) is 2.31. The molecule has 116 valence electrons. The Balaban J connectivity index is 1.69. The lowest BCUT2D eigenvalue weighted by atomic mass is 9.65. The largest absolute Gasteiger partial charge is 0.508 e. The fourth-order valence-corrected chi connectivity index (χ4v) is 5.52. The van der Waals surface area contributed by atoms with Crippen molar-refractivity contribution in [3.63, 3.8) is 0 Å². The monoisotopic (exact) mass is 297 g/mol. The molecule has 1 saturated carbocycles. The van der Waals surface area contributed by atoms with Gasteiger partial charge in [0.1, 0.15) is 17.1 Å². The molecule has 1 aliphatic carbocycles. The maximum absolute atomic E-state index is 9.84. The van der Waals surface area contributed by atoms with Crippen LogP contribution in [0.3, 0.4) is 0 Å². The summed E-state index contributed by atoms with van der Waals surface area (Å²) >= 11 is 0. The second kappa shape index (κ2) is 4.51. The molecule has 3 nitrogen and oxygen atoms in total. The van der Waals surface area contributed by atoms with E-state index in [1.54, 1.807) is 6.07 Å². The predicted molar refractivity (Wildman–Crippen MR) is 86.2 cm³/mol. The number of benzene rings is 1. The van der Waals surface area contributed by atoms with Crippen LogP contribution in [-0.2, 0) is 6.42 Å². The van der Waals surface area contributed by atoms with E-state index in [0.29, 0.717) is 17.7 Å². The van der Waals surface area contributed by atoms with Crippen LogP contribution >= 0.6 is 0 Å². The lowest BCUT2D eigenvalue weighted by Crippen LogP contribution is -2.56. The van der Waals surface area contributed by atoms with Gasteiger partial charge in [0.15, 0.2) is 0 Å². The van der Waals surface area contributed by atoms with Crippen molar-refractivity contribution in [1.82, 2.24) is 4.90 Å². The van der Waals surface area contributed by atoms with Gasteiger partial charge in [0, 0.05) is 36.0 Å². The van der Waals surface area contributed by atoms with Gasteiger partial charge in [0.2, 0.25) is 0 Å². The molecule has 0 radical (unpaired) electrons. The van der Waals surface area contributed by atoms with Gasteiger partial charge in [-0.3, -0.25) is 4.90 Å². The number of phenolic OH excluding ortho intramolecular Hbond substituents is 1. The fraction of sp³-hybridized carbons (Fsp3) is 0.579. The summed E-state index contributed by atoms with van der Waals surface area (Å²) < 4.78 is 6.32. The molecule has 1 aromatic carbocycles. The summed E-state index contributed by atoms with van der Waals surface area (Å²) in [6.45, 7) is 4.77. The van der Waals surface area contributed by atoms with Crippen molar-refractivity contribution in [2.45, 2.75) is 44.6 Å². The minimum absolute atomic E-state index is 0.344. The molecule has 2 saturated heterocycles. The molecule has 5 atom stereocenters. The first-order valence-electron chi connectivity index (χ1n) is 8.73. The van der Waals surface area contributed by atoms with Crippen molar-refractivity contribution in [2.75, 3.05) is 13.1 Å². The van der Waals surface area contributed by atoms with E-state index in [0.717, 1.165) is 35.8 Å². The average Bonchev–Trinajstić information content (AvgIpc) is 2.85. The van der Waals surface area contributed by atoms with E-state index < -0.39 is 0 Å². The Bertz CT molecular complexity index is 734. The number of piperidine rings is 2. The molecule has 0 amide bonds. The quantitative estimate of drug-likeness (QED) is 0.867. The number of nitrogens with zero attached hydrogens (tertiary/aromatic N) is 1. The van der Waals surface area contributed by atoms with Crippen LogP contribution in [0.25, 0.3) is 11.0 Å². The highest BCUT2D eigenvalue weighted by Crippen LogP contribution is 2.51. The van der Waals surface area contributed by atoms with Crippen molar-refractivity contribution in [3.05, 3.63) is 29.5 Å². The SMILES string of the molecule is CC[C@@H]1C[C@H]2C[C@H]3c4oc5ccc(O)cc5c4CCN(C2)C13. The zero-order valence-electron chi connectivity index (χ0n) is 13.1. The molecule has 6 rings (SSSR count). The molecule has 22 heavy (non-hydrogen) atoms. The smallest absolute Gasteiger partial charge is 0.134 e. The summed E-state index contributed by atoms with van der Waals surface area (Å²) in [5.74, 6) is 3.80. The van der Waals surface area contributed by atoms with Crippen LogP contribution in [0.15, 0.2) is 22.6 Å². The third-order valence-corrected chi connectivity index (χ3v) is 6.35. The van der Waals surface area contributed by atoms with Crippen LogP contribution in [0.2, 0.25) is 0 Å². The van der Waals surface area contributed by atoms with E-state index >= 15 is 0 Å². The maximum Gasteiger partial charge on any atom is 0.134 e. The van der Waals surface area contributed by atoms with E-state index in [9.17, 15) is 5.11 Å². The molecule has 3 heteroatoms. The first kappa shape index (κ1) is 13.0. The molecule has 3 aliphatic heterocycles. The fourth-order valence-electron chi connectivity index (χ4n) is 5.52. The zero-order valence-corrected chi connectivity index (χ0v) is 13.1. The molecule has 1 N–H and O–H groups in total. The Morgan fingerprint density at radius 3 is 3.09 bits per heavy atom. The molecule has 0 spiro atoms. The van der Waals surface area contributed by atoms with Crippen LogP contribution in [0.1, 0.15) is 43.4 Å². The van der Waals surface area contributed by atoms with Gasteiger partial charge in [-0.2, -0.15) is 0 Å². The Hall–Kier alpha value is -1.48. The van der Waals surface area contributed by atoms with Crippen LogP contribution in [-0.4, -0.2) is 29.1 Å². The maximum atomic E-state index is 9.84. The van der Waals surface area contributed by atoms with Crippen LogP contribution < -0.4 is 0 Å². The minimum atomic E-state index is 0.344. The van der Waals surface area contributed by atoms with Gasteiger partial charge in [0.25, 0.3) is 0 Å². The van der Waals surface area contributed by atoms with E-state index in [2.05, 4.69) is 11.8 Å². The molecule has 4 heterocycles. The number of hydrogen-bond acceptors (Lipinski definition) is 3. The van der Waals surface area contributed by atoms with Crippen molar-refractivity contribution in [1.29, 1.82) is 0 Å². The van der Waals surface area contributed by atoms with E-state index in [1.165, 1.54) is 37.1 Å². The second-order valence-electron chi connectivity index (χ2n) is 7.47. The van der Waals surface area contributed by atoms with Gasteiger partial charge in [-0.1, -0.05) is 13.3 Å². The Labute approximate surface area is 130 Å². The van der Waals surface area contributed by atoms with E-state index in [-0.39, 0.29) is 0 Å². The number of hydrogen-bond donors (Lipinski definition) is 1. The summed E-state index contributed by atoms with van der Waals surface area (Å²) in [7, 11) is 0. The van der Waals surface area contributed by atoms with Gasteiger partial charge < -0.3 is 9.52 Å². The van der Waals surface area contributed by atoms with Crippen molar-refractivity contribution in [2.24, 2.45) is 11.8 Å². The summed E-state index contributed by atoms with van der Waals surface area (Å²) in [6.07, 6.45) is 5.04. The van der Waals surface area contributed by atoms with Gasteiger partial charge in [-0.25, -0.2) is 0 Å². The number of rotatable bonds is 1. The predicted octanol–water partition coefficient (Wildman–Crippen LogP) is 3.90. The highest BCUT2D eigenvalue weighted by Gasteiger charge is 2.49. The number of phenols is 1. The van der Waals surface area contributed by atoms with E-state index in [1.807, 2.05) is 12.1 Å². The molecule has 1 aromatic heterocycles. The normalized spacial score (nSPS) is 36.3. The van der Waals surface area contributed by atoms with Crippen LogP contribution in [0, 0.1) is 11.8 Å². The Morgan fingerprint density at radius 2 is 2.23 bits per heavy atom. The molecular weight excluding hydrogens is 274 g/mol. The third-order valence-electron chi connectivity index (χ3n) is 6.35. The second-order valence-corrected chi connectivity index (χ2v) is 7.47. The van der Waals surface area contributed by atoms with Gasteiger partial charge >= 0.3 is 0 Å². The topological polar surface area (TPSA) is 36.6 Å². The van der Waals surface area contributed by atoms with Gasteiger partial charge in [-0.05, 0) is 49.3 Å². The highest BCUT2D eigenvalue weighted by atomic mass is 16.3. The Kier molecular flexibility index (Phi) is 2.67. The molecule has 4 aliphatic rings. The van der Waals surface area contributed by atoms with Crippen LogP contribution in [0.5, 0.6) is 5.75 Å². The van der Waals surface area contributed by atoms with E-state index in [4.69, 9.17) is 4.42 Å². The van der Waals surface area contributed by atoms with Crippen molar-refractivity contribution >= 4 is 11.0 Å². The molecule has 4 bridgehead atoms. The molecule has 2 unspecified atom stereocenters. The minimum Gasteiger partial charge on any atom is -0.508 e. The van der Waals surface area contributed by atoms with Gasteiger partial charge in [-0.15, -0.1) is 0 Å². The lowest BCUT2D eigenvalue weighted by molar-refractivity contribution is -0.0169. The zero-order chi connectivity index (χ0) is 14.8. The summed E-state index contributed by atoms with van der Waals surface area (Å²) in [6, 6.07) is 6.22. The first-order chi connectivity index (χ1) is 10.7. The number of fused-ring (bicyclic) bond motifs is 4. The Morgan fingerprint density at radius 1 is 1.32 bits per heavy atom. The van der Waals surface area contributed by atoms with Gasteiger partial charge in [0.05, 0.1) is 0 Å². The first-order valence-corrected chi connectivity index (χ1v) is 8.73. The molecular formula is C19H23NO2. The standard InChI is InChI=1S/C19H23NO2/c1-2-12-7-11-8-16-18(12)20(10-11)6-5-14-15-9-13(21)3-4-17(15)22-19(14)16/h3-4,9,11-12,16,18,21H,2,5-8,10H2,1H3/t11-,12+,16+,18?/m0/s1. The van der Waals surface area contributed by atoms with Crippen LogP contribution in [0.4, 0.5) is 0 Å². The summed E-state index contributed by atoms with van der Waals surface area (Å²) in [5, 5.41) is 11.0. The third kappa shape index (κ3) is 1.66. The lowest BCUT2D eigenvalue weighted by Gasteiger charge is -2.52. The van der Waals surface area contributed by atoms with Crippen molar-refractivity contribution in [3.8, 4) is 5.75 Å². The molecule has 2 aromatic rings. The molecule has 3 fully saturated rings. The summed E-state index contributed by atoms with van der Waals surface area (Å²) in [4.78, 5) is 2.74. The highest BCUT2D eigenvalue weighted by molar-refractivity contribution is 5.84. The number of furan rings is 1. The van der Waals surface area contributed by atoms with Crippen molar-refractivity contribution < 1.29 is 9.52 Å². The number of aromatic hydroxyl groups is 1.